The second-order valence-corrected chi connectivity index (χ2v) is 5.44. The zero-order valence-corrected chi connectivity index (χ0v) is 11.4. The molecule has 0 spiro atoms. The fraction of sp³-hybridized carbons (Fsp3) is 0.385. The van der Waals surface area contributed by atoms with E-state index >= 15 is 0 Å². The van der Waals surface area contributed by atoms with Crippen molar-refractivity contribution in [1.29, 1.82) is 0 Å². The highest BCUT2D eigenvalue weighted by Gasteiger charge is 2.14. The van der Waals surface area contributed by atoms with Crippen LogP contribution in [0.3, 0.4) is 0 Å². The fourth-order valence-electron chi connectivity index (χ4n) is 1.65. The van der Waals surface area contributed by atoms with Gasteiger partial charge in [-0.25, -0.2) is 9.97 Å². The summed E-state index contributed by atoms with van der Waals surface area (Å²) in [5, 5.41) is 2.08. The molecular weight excluding hydrogens is 230 g/mol. The van der Waals surface area contributed by atoms with Crippen molar-refractivity contribution in [3.05, 3.63) is 28.4 Å². The largest absolute Gasteiger partial charge is 0.383 e. The third-order valence-electron chi connectivity index (χ3n) is 2.79. The third-order valence-corrected chi connectivity index (χ3v) is 3.82. The normalized spacial score (nSPS) is 11.1. The standard InChI is InChI=1S/C13H17N3S/c1-7(2)13-15-10(9(4)12(14)16-13)11-8(3)5-6-17-11/h5-7H,1-4H3,(H2,14,15,16). The van der Waals surface area contributed by atoms with E-state index in [9.17, 15) is 0 Å². The van der Waals surface area contributed by atoms with Gasteiger partial charge in [0.1, 0.15) is 11.6 Å². The number of aromatic nitrogens is 2. The Morgan fingerprint density at radius 1 is 1.24 bits per heavy atom. The Balaban J connectivity index is 2.65. The van der Waals surface area contributed by atoms with Gasteiger partial charge in [-0.1, -0.05) is 13.8 Å². The predicted octanol–water partition coefficient (Wildman–Crippen LogP) is 3.53. The Bertz CT molecular complexity index is 544. The predicted molar refractivity (Wildman–Crippen MR) is 73.3 cm³/mol. The lowest BCUT2D eigenvalue weighted by atomic mass is 10.1. The Morgan fingerprint density at radius 3 is 2.47 bits per heavy atom. The highest BCUT2D eigenvalue weighted by atomic mass is 32.1. The van der Waals surface area contributed by atoms with E-state index in [0.29, 0.717) is 5.82 Å². The minimum Gasteiger partial charge on any atom is -0.383 e. The summed E-state index contributed by atoms with van der Waals surface area (Å²) in [5.74, 6) is 1.69. The highest BCUT2D eigenvalue weighted by Crippen LogP contribution is 2.32. The fourth-order valence-corrected chi connectivity index (χ4v) is 2.62. The van der Waals surface area contributed by atoms with Gasteiger partial charge in [0.05, 0.1) is 10.6 Å². The lowest BCUT2D eigenvalue weighted by Crippen LogP contribution is -2.06. The number of thiophene rings is 1. The summed E-state index contributed by atoms with van der Waals surface area (Å²) in [6, 6.07) is 2.10. The molecule has 0 aliphatic heterocycles. The van der Waals surface area contributed by atoms with Crippen molar-refractivity contribution in [2.45, 2.75) is 33.6 Å². The van der Waals surface area contributed by atoms with Gasteiger partial charge < -0.3 is 5.73 Å². The van der Waals surface area contributed by atoms with E-state index < -0.39 is 0 Å². The summed E-state index contributed by atoms with van der Waals surface area (Å²) in [4.78, 5) is 10.2. The van der Waals surface area contributed by atoms with Crippen LogP contribution in [-0.2, 0) is 0 Å². The maximum Gasteiger partial charge on any atom is 0.133 e. The smallest absolute Gasteiger partial charge is 0.133 e. The first kappa shape index (κ1) is 12.0. The number of aryl methyl sites for hydroxylation is 1. The SMILES string of the molecule is Cc1ccsc1-c1nc(C(C)C)nc(N)c1C. The Morgan fingerprint density at radius 2 is 1.94 bits per heavy atom. The van der Waals surface area contributed by atoms with Gasteiger partial charge in [0.25, 0.3) is 0 Å². The molecule has 2 rings (SSSR count). The molecule has 3 nitrogen and oxygen atoms in total. The molecule has 0 bridgehead atoms. The molecule has 0 aromatic carbocycles. The van der Waals surface area contributed by atoms with Crippen LogP contribution >= 0.6 is 11.3 Å². The van der Waals surface area contributed by atoms with Crippen molar-refractivity contribution in [2.75, 3.05) is 5.73 Å². The number of nitrogens with two attached hydrogens (primary N) is 1. The second kappa shape index (κ2) is 4.45. The molecule has 2 aromatic rings. The van der Waals surface area contributed by atoms with Crippen molar-refractivity contribution in [3.8, 4) is 10.6 Å². The van der Waals surface area contributed by atoms with E-state index in [1.54, 1.807) is 11.3 Å². The molecule has 2 heterocycles. The molecule has 2 N–H and O–H groups in total. The lowest BCUT2D eigenvalue weighted by Gasteiger charge is -2.11. The number of nitrogens with zero attached hydrogens (tertiary/aromatic N) is 2. The Kier molecular flexibility index (Phi) is 3.15. The van der Waals surface area contributed by atoms with Gasteiger partial charge in [-0.3, -0.25) is 0 Å². The number of rotatable bonds is 2. The first-order valence-electron chi connectivity index (χ1n) is 5.69. The molecule has 0 saturated carbocycles. The van der Waals surface area contributed by atoms with E-state index in [2.05, 4.69) is 42.2 Å². The van der Waals surface area contributed by atoms with E-state index in [0.717, 1.165) is 17.1 Å². The van der Waals surface area contributed by atoms with Crippen LogP contribution in [0.15, 0.2) is 11.4 Å². The minimum absolute atomic E-state index is 0.289. The van der Waals surface area contributed by atoms with Crippen molar-refractivity contribution in [3.63, 3.8) is 0 Å². The van der Waals surface area contributed by atoms with Gasteiger partial charge >= 0.3 is 0 Å². The second-order valence-electron chi connectivity index (χ2n) is 4.53. The van der Waals surface area contributed by atoms with E-state index in [1.165, 1.54) is 10.4 Å². The van der Waals surface area contributed by atoms with Gasteiger partial charge in [-0.15, -0.1) is 11.3 Å². The van der Waals surface area contributed by atoms with Crippen LogP contribution in [0, 0.1) is 13.8 Å². The van der Waals surface area contributed by atoms with Gasteiger partial charge in [-0.2, -0.15) is 0 Å². The van der Waals surface area contributed by atoms with Gasteiger partial charge in [0.2, 0.25) is 0 Å². The first-order chi connectivity index (χ1) is 8.00. The summed E-state index contributed by atoms with van der Waals surface area (Å²) >= 11 is 1.70. The van der Waals surface area contributed by atoms with Gasteiger partial charge in [-0.05, 0) is 30.9 Å². The van der Waals surface area contributed by atoms with Gasteiger partial charge in [0, 0.05) is 11.5 Å². The molecule has 2 aromatic heterocycles. The van der Waals surface area contributed by atoms with E-state index in [1.807, 2.05) is 6.92 Å². The Labute approximate surface area is 106 Å². The topological polar surface area (TPSA) is 51.8 Å². The molecule has 0 aliphatic carbocycles. The van der Waals surface area contributed by atoms with E-state index in [-0.39, 0.29) is 5.92 Å². The van der Waals surface area contributed by atoms with Gasteiger partial charge in [0.15, 0.2) is 0 Å². The number of anilines is 1. The highest BCUT2D eigenvalue weighted by molar-refractivity contribution is 7.13. The van der Waals surface area contributed by atoms with E-state index in [4.69, 9.17) is 5.73 Å². The van der Waals surface area contributed by atoms with Crippen molar-refractivity contribution >= 4 is 17.2 Å². The third kappa shape index (κ3) is 2.17. The molecule has 0 radical (unpaired) electrons. The van der Waals surface area contributed by atoms with Crippen molar-refractivity contribution < 1.29 is 0 Å². The monoisotopic (exact) mass is 247 g/mol. The molecule has 90 valence electrons. The molecule has 0 fully saturated rings. The molecule has 0 unspecified atom stereocenters. The number of hydrogen-bond acceptors (Lipinski definition) is 4. The summed E-state index contributed by atoms with van der Waals surface area (Å²) in [7, 11) is 0. The minimum atomic E-state index is 0.289. The summed E-state index contributed by atoms with van der Waals surface area (Å²) in [5.41, 5.74) is 9.16. The van der Waals surface area contributed by atoms with Crippen LogP contribution in [0.4, 0.5) is 5.82 Å². The first-order valence-corrected chi connectivity index (χ1v) is 6.57. The molecule has 4 heteroatoms. The van der Waals surface area contributed by atoms with Crippen LogP contribution in [0.1, 0.15) is 36.7 Å². The molecular formula is C13H17N3S. The molecule has 0 atom stereocenters. The number of hydrogen-bond donors (Lipinski definition) is 1. The average Bonchev–Trinajstić information content (AvgIpc) is 2.68. The zero-order valence-electron chi connectivity index (χ0n) is 10.6. The van der Waals surface area contributed by atoms with Crippen molar-refractivity contribution in [2.24, 2.45) is 0 Å². The van der Waals surface area contributed by atoms with Crippen LogP contribution in [0.5, 0.6) is 0 Å². The Hall–Kier alpha value is -1.42. The molecule has 0 aliphatic rings. The van der Waals surface area contributed by atoms with Crippen LogP contribution in [0.25, 0.3) is 10.6 Å². The maximum atomic E-state index is 5.97. The van der Waals surface area contributed by atoms with Crippen LogP contribution < -0.4 is 5.73 Å². The average molecular weight is 247 g/mol. The van der Waals surface area contributed by atoms with Crippen LogP contribution in [0.2, 0.25) is 0 Å². The summed E-state index contributed by atoms with van der Waals surface area (Å²) in [6.45, 7) is 8.23. The van der Waals surface area contributed by atoms with Crippen molar-refractivity contribution in [1.82, 2.24) is 9.97 Å². The zero-order chi connectivity index (χ0) is 12.6. The maximum absolute atomic E-state index is 5.97. The molecule has 0 amide bonds. The summed E-state index contributed by atoms with van der Waals surface area (Å²) < 4.78 is 0. The number of nitrogen functional groups attached to an aromatic ring is 1. The molecule has 0 saturated heterocycles. The molecule has 17 heavy (non-hydrogen) atoms. The van der Waals surface area contributed by atoms with Crippen LogP contribution in [-0.4, -0.2) is 9.97 Å². The quantitative estimate of drug-likeness (QED) is 0.883. The lowest BCUT2D eigenvalue weighted by molar-refractivity contribution is 0.776. The summed E-state index contributed by atoms with van der Waals surface area (Å²) in [6.07, 6.45) is 0.